The maximum atomic E-state index is 13.2. The third kappa shape index (κ3) is 3.98. The lowest BCUT2D eigenvalue weighted by Crippen LogP contribution is -2.27. The van der Waals surface area contributed by atoms with Crippen molar-refractivity contribution in [1.82, 2.24) is 4.90 Å². The number of benzene rings is 2. The lowest BCUT2D eigenvalue weighted by Gasteiger charge is -2.19. The summed E-state index contributed by atoms with van der Waals surface area (Å²) in [5.41, 5.74) is 2.04. The van der Waals surface area contributed by atoms with Gasteiger partial charge in [0.25, 0.3) is 5.91 Å². The molecule has 128 valence electrons. The van der Waals surface area contributed by atoms with E-state index in [0.29, 0.717) is 16.7 Å². The molecule has 24 heavy (non-hydrogen) atoms. The summed E-state index contributed by atoms with van der Waals surface area (Å²) in [6.45, 7) is 3.56. The maximum absolute atomic E-state index is 13.2. The molecule has 2 aromatic carbocycles. The highest BCUT2D eigenvalue weighted by Gasteiger charge is 2.19. The van der Waals surface area contributed by atoms with E-state index in [9.17, 15) is 17.6 Å². The quantitative estimate of drug-likeness (QED) is 0.919. The van der Waals surface area contributed by atoms with Crippen LogP contribution >= 0.6 is 0 Å². The third-order valence-corrected chi connectivity index (χ3v) is 4.87. The fraction of sp³-hybridized carbons (Fsp3) is 0.235. The molecule has 2 N–H and O–H groups in total. The SMILES string of the molecule is Cc1cc(C(=O)N(C)Cc2cccc(F)c2)cc(S(N)(=O)=O)c1C. The van der Waals surface area contributed by atoms with Crippen molar-refractivity contribution in [3.05, 3.63) is 64.5 Å². The van der Waals surface area contributed by atoms with Gasteiger partial charge in [0.15, 0.2) is 0 Å². The van der Waals surface area contributed by atoms with E-state index >= 15 is 0 Å². The van der Waals surface area contributed by atoms with Crippen molar-refractivity contribution in [3.63, 3.8) is 0 Å². The first-order valence-corrected chi connectivity index (χ1v) is 8.78. The van der Waals surface area contributed by atoms with Crippen LogP contribution in [0.1, 0.15) is 27.0 Å². The predicted molar refractivity (Wildman–Crippen MR) is 89.5 cm³/mol. The lowest BCUT2D eigenvalue weighted by atomic mass is 10.1. The second kappa shape index (κ2) is 6.70. The standard InChI is InChI=1S/C17H19FN2O3S/c1-11-7-14(9-16(12(11)2)24(19,22)23)17(21)20(3)10-13-5-4-6-15(18)8-13/h4-9H,10H2,1-3H3,(H2,19,22,23). The molecule has 0 radical (unpaired) electrons. The minimum Gasteiger partial charge on any atom is -0.337 e. The number of amides is 1. The van der Waals surface area contributed by atoms with Crippen molar-refractivity contribution in [1.29, 1.82) is 0 Å². The highest BCUT2D eigenvalue weighted by molar-refractivity contribution is 7.89. The smallest absolute Gasteiger partial charge is 0.253 e. The summed E-state index contributed by atoms with van der Waals surface area (Å²) in [6.07, 6.45) is 0. The van der Waals surface area contributed by atoms with E-state index in [1.165, 1.54) is 23.1 Å². The molecular weight excluding hydrogens is 331 g/mol. The molecule has 0 heterocycles. The summed E-state index contributed by atoms with van der Waals surface area (Å²) < 4.78 is 36.6. The fourth-order valence-corrected chi connectivity index (χ4v) is 3.33. The van der Waals surface area contributed by atoms with E-state index < -0.39 is 10.0 Å². The van der Waals surface area contributed by atoms with Crippen LogP contribution in [0.3, 0.4) is 0 Å². The minimum atomic E-state index is -3.92. The zero-order chi connectivity index (χ0) is 18.1. The molecule has 0 saturated carbocycles. The zero-order valence-electron chi connectivity index (χ0n) is 13.7. The molecule has 0 bridgehead atoms. The van der Waals surface area contributed by atoms with E-state index in [1.807, 2.05) is 0 Å². The Morgan fingerprint density at radius 1 is 1.21 bits per heavy atom. The number of sulfonamides is 1. The molecule has 5 nitrogen and oxygen atoms in total. The average molecular weight is 350 g/mol. The molecule has 0 fully saturated rings. The van der Waals surface area contributed by atoms with Crippen LogP contribution in [0.4, 0.5) is 4.39 Å². The van der Waals surface area contributed by atoms with Gasteiger partial charge in [-0.05, 0) is 54.8 Å². The van der Waals surface area contributed by atoms with Gasteiger partial charge in [-0.25, -0.2) is 17.9 Å². The van der Waals surface area contributed by atoms with Crippen LogP contribution in [0.5, 0.6) is 0 Å². The topological polar surface area (TPSA) is 80.5 Å². The van der Waals surface area contributed by atoms with Gasteiger partial charge >= 0.3 is 0 Å². The minimum absolute atomic E-state index is 0.0648. The second-order valence-electron chi connectivity index (χ2n) is 5.75. The monoisotopic (exact) mass is 350 g/mol. The Labute approximate surface area is 141 Å². The van der Waals surface area contributed by atoms with Gasteiger partial charge in [0, 0.05) is 19.2 Å². The van der Waals surface area contributed by atoms with Crippen molar-refractivity contribution in [2.24, 2.45) is 5.14 Å². The summed E-state index contributed by atoms with van der Waals surface area (Å²) >= 11 is 0. The summed E-state index contributed by atoms with van der Waals surface area (Å²) in [6, 6.07) is 8.85. The highest BCUT2D eigenvalue weighted by Crippen LogP contribution is 2.21. The molecule has 2 rings (SSSR count). The van der Waals surface area contributed by atoms with Gasteiger partial charge in [0.1, 0.15) is 5.82 Å². The fourth-order valence-electron chi connectivity index (χ4n) is 2.45. The number of carbonyl (C=O) groups excluding carboxylic acids is 1. The van der Waals surface area contributed by atoms with Crippen LogP contribution in [0, 0.1) is 19.7 Å². The van der Waals surface area contributed by atoms with E-state index in [2.05, 4.69) is 0 Å². The van der Waals surface area contributed by atoms with Crippen molar-refractivity contribution in [2.75, 3.05) is 7.05 Å². The molecule has 1 amide bonds. The number of hydrogen-bond donors (Lipinski definition) is 1. The van der Waals surface area contributed by atoms with Crippen LogP contribution in [-0.4, -0.2) is 26.3 Å². The number of nitrogens with two attached hydrogens (primary N) is 1. The Kier molecular flexibility index (Phi) is 5.05. The Morgan fingerprint density at radius 2 is 1.88 bits per heavy atom. The molecule has 0 unspecified atom stereocenters. The molecular formula is C17H19FN2O3S. The van der Waals surface area contributed by atoms with Gasteiger partial charge in [-0.1, -0.05) is 12.1 Å². The predicted octanol–water partition coefficient (Wildman–Crippen LogP) is 2.36. The molecule has 0 spiro atoms. The molecule has 0 aliphatic heterocycles. The van der Waals surface area contributed by atoms with Crippen LogP contribution < -0.4 is 5.14 Å². The van der Waals surface area contributed by atoms with Gasteiger partial charge in [-0.15, -0.1) is 0 Å². The van der Waals surface area contributed by atoms with Crippen molar-refractivity contribution in [3.8, 4) is 0 Å². The largest absolute Gasteiger partial charge is 0.337 e. The van der Waals surface area contributed by atoms with Crippen LogP contribution in [-0.2, 0) is 16.6 Å². The van der Waals surface area contributed by atoms with Crippen LogP contribution in [0.25, 0.3) is 0 Å². The molecule has 7 heteroatoms. The van der Waals surface area contributed by atoms with Crippen molar-refractivity contribution < 1.29 is 17.6 Å². The highest BCUT2D eigenvalue weighted by atomic mass is 32.2. The maximum Gasteiger partial charge on any atom is 0.253 e. The number of primary sulfonamides is 1. The van der Waals surface area contributed by atoms with Gasteiger partial charge in [-0.3, -0.25) is 4.79 Å². The molecule has 0 aliphatic carbocycles. The van der Waals surface area contributed by atoms with E-state index in [-0.39, 0.29) is 28.7 Å². The first-order valence-electron chi connectivity index (χ1n) is 7.23. The Hall–Kier alpha value is -2.25. The van der Waals surface area contributed by atoms with Crippen molar-refractivity contribution >= 4 is 15.9 Å². The van der Waals surface area contributed by atoms with E-state index in [4.69, 9.17) is 5.14 Å². The van der Waals surface area contributed by atoms with E-state index in [1.54, 1.807) is 39.1 Å². The molecule has 0 aliphatic rings. The first-order chi connectivity index (χ1) is 11.1. The van der Waals surface area contributed by atoms with Crippen molar-refractivity contribution in [2.45, 2.75) is 25.3 Å². The number of rotatable bonds is 4. The molecule has 0 aromatic heterocycles. The molecule has 2 aromatic rings. The van der Waals surface area contributed by atoms with Gasteiger partial charge in [0.05, 0.1) is 4.90 Å². The third-order valence-electron chi connectivity index (χ3n) is 3.83. The van der Waals surface area contributed by atoms with Gasteiger partial charge in [-0.2, -0.15) is 0 Å². The summed E-state index contributed by atoms with van der Waals surface area (Å²) in [5.74, 6) is -0.747. The van der Waals surface area contributed by atoms with E-state index in [0.717, 1.165) is 0 Å². The van der Waals surface area contributed by atoms with Crippen LogP contribution in [0.15, 0.2) is 41.3 Å². The average Bonchev–Trinajstić information content (AvgIpc) is 2.47. The van der Waals surface area contributed by atoms with Gasteiger partial charge in [0.2, 0.25) is 10.0 Å². The number of nitrogens with zero attached hydrogens (tertiary/aromatic N) is 1. The Balaban J connectivity index is 2.34. The Bertz CT molecular complexity index is 895. The number of halogens is 1. The summed E-state index contributed by atoms with van der Waals surface area (Å²) in [7, 11) is -2.35. The number of carbonyl (C=O) groups is 1. The summed E-state index contributed by atoms with van der Waals surface area (Å²) in [5, 5.41) is 5.22. The second-order valence-corrected chi connectivity index (χ2v) is 7.28. The van der Waals surface area contributed by atoms with Crippen LogP contribution in [0.2, 0.25) is 0 Å². The zero-order valence-corrected chi connectivity index (χ0v) is 14.5. The Morgan fingerprint density at radius 3 is 2.46 bits per heavy atom. The summed E-state index contributed by atoms with van der Waals surface area (Å²) in [4.78, 5) is 13.9. The first kappa shape index (κ1) is 18.1. The number of aryl methyl sites for hydroxylation is 1. The van der Waals surface area contributed by atoms with Gasteiger partial charge < -0.3 is 4.90 Å². The number of hydrogen-bond acceptors (Lipinski definition) is 3. The normalized spacial score (nSPS) is 11.4. The molecule has 0 saturated heterocycles. The lowest BCUT2D eigenvalue weighted by molar-refractivity contribution is 0.0784. The molecule has 0 atom stereocenters.